The van der Waals surface area contributed by atoms with Gasteiger partial charge in [0.25, 0.3) is 5.56 Å². The molecule has 3 rings (SSSR count). The molecule has 3 aromatic rings. The molecule has 0 saturated carbocycles. The zero-order valence-electron chi connectivity index (χ0n) is 10.6. The summed E-state index contributed by atoms with van der Waals surface area (Å²) < 4.78 is 6.96. The van der Waals surface area contributed by atoms with Crippen molar-refractivity contribution in [2.45, 2.75) is 26.3 Å². The van der Waals surface area contributed by atoms with Gasteiger partial charge in [-0.15, -0.1) is 10.2 Å². The maximum Gasteiger partial charge on any atom is 0.278 e. The van der Waals surface area contributed by atoms with Crippen molar-refractivity contribution in [3.05, 3.63) is 33.6 Å². The normalized spacial score (nSPS) is 11.3. The van der Waals surface area contributed by atoms with Gasteiger partial charge in [0.2, 0.25) is 17.1 Å². The second-order valence-electron chi connectivity index (χ2n) is 4.15. The van der Waals surface area contributed by atoms with Gasteiger partial charge in [0.1, 0.15) is 5.52 Å². The Bertz CT molecular complexity index is 805. The van der Waals surface area contributed by atoms with Crippen molar-refractivity contribution < 1.29 is 4.42 Å². The summed E-state index contributed by atoms with van der Waals surface area (Å²) >= 11 is 5.69. The standard InChI is InChI=1S/C11H11ClN6O2/c1-2-7-16-17-8(20-7)3-4-18-9-6(5-13-18)14-11(12)15-10(9)19/h5H,2-4H2,1H3,(H,14,15,19). The number of aromatic nitrogens is 6. The first-order chi connectivity index (χ1) is 9.67. The summed E-state index contributed by atoms with van der Waals surface area (Å²) in [5.74, 6) is 1.11. The molecule has 20 heavy (non-hydrogen) atoms. The van der Waals surface area contributed by atoms with Crippen molar-refractivity contribution in [1.29, 1.82) is 0 Å². The number of aryl methyl sites for hydroxylation is 3. The molecule has 1 N–H and O–H groups in total. The van der Waals surface area contributed by atoms with E-state index in [1.54, 1.807) is 4.68 Å². The van der Waals surface area contributed by atoms with Crippen LogP contribution in [0.25, 0.3) is 11.0 Å². The van der Waals surface area contributed by atoms with E-state index in [0.717, 1.165) is 0 Å². The van der Waals surface area contributed by atoms with Gasteiger partial charge >= 0.3 is 0 Å². The van der Waals surface area contributed by atoms with Gasteiger partial charge in [0.15, 0.2) is 5.52 Å². The van der Waals surface area contributed by atoms with E-state index in [1.807, 2.05) is 6.92 Å². The monoisotopic (exact) mass is 294 g/mol. The van der Waals surface area contributed by atoms with Crippen molar-refractivity contribution in [2.75, 3.05) is 0 Å². The first-order valence-electron chi connectivity index (χ1n) is 6.10. The number of fused-ring (bicyclic) bond motifs is 1. The molecule has 0 aliphatic carbocycles. The lowest BCUT2D eigenvalue weighted by Crippen LogP contribution is -2.14. The van der Waals surface area contributed by atoms with E-state index >= 15 is 0 Å². The first-order valence-corrected chi connectivity index (χ1v) is 6.47. The highest BCUT2D eigenvalue weighted by Gasteiger charge is 2.11. The zero-order chi connectivity index (χ0) is 14.1. The second-order valence-corrected chi connectivity index (χ2v) is 4.51. The lowest BCUT2D eigenvalue weighted by Gasteiger charge is -2.00. The van der Waals surface area contributed by atoms with E-state index in [2.05, 4.69) is 25.3 Å². The van der Waals surface area contributed by atoms with Crippen molar-refractivity contribution in [1.82, 2.24) is 29.9 Å². The molecule has 0 amide bonds. The third kappa shape index (κ3) is 2.29. The SMILES string of the molecule is CCc1nnc(CCn2ncc3nc(Cl)[nH]c(=O)c32)o1. The highest BCUT2D eigenvalue weighted by molar-refractivity contribution is 6.28. The molecule has 8 nitrogen and oxygen atoms in total. The number of hydrogen-bond donors (Lipinski definition) is 1. The molecule has 0 spiro atoms. The van der Waals surface area contributed by atoms with E-state index in [9.17, 15) is 4.79 Å². The van der Waals surface area contributed by atoms with Gasteiger partial charge in [-0.1, -0.05) is 6.92 Å². The molecule has 0 aromatic carbocycles. The number of rotatable bonds is 4. The number of nitrogens with one attached hydrogen (secondary N) is 1. The molecule has 0 aliphatic rings. The number of hydrogen-bond acceptors (Lipinski definition) is 6. The Kier molecular flexibility index (Phi) is 3.23. The highest BCUT2D eigenvalue weighted by atomic mass is 35.5. The average molecular weight is 295 g/mol. The Hall–Kier alpha value is -2.22. The fourth-order valence-corrected chi connectivity index (χ4v) is 2.06. The van der Waals surface area contributed by atoms with Crippen LogP contribution >= 0.6 is 11.6 Å². The summed E-state index contributed by atoms with van der Waals surface area (Å²) in [6.07, 6.45) is 2.69. The van der Waals surface area contributed by atoms with Crippen molar-refractivity contribution in [2.24, 2.45) is 0 Å². The summed E-state index contributed by atoms with van der Waals surface area (Å²) in [7, 11) is 0. The zero-order valence-corrected chi connectivity index (χ0v) is 11.4. The predicted octanol–water partition coefficient (Wildman–Crippen LogP) is 0.961. The van der Waals surface area contributed by atoms with Gasteiger partial charge in [-0.2, -0.15) is 5.10 Å². The van der Waals surface area contributed by atoms with Crippen molar-refractivity contribution in [3.8, 4) is 0 Å². The summed E-state index contributed by atoms with van der Waals surface area (Å²) in [5, 5.41) is 12.0. The largest absolute Gasteiger partial charge is 0.425 e. The topological polar surface area (TPSA) is 102 Å². The molecule has 0 bridgehead atoms. The molecule has 0 atom stereocenters. The summed E-state index contributed by atoms with van der Waals surface area (Å²) in [4.78, 5) is 18.3. The van der Waals surface area contributed by atoms with E-state index in [4.69, 9.17) is 16.0 Å². The third-order valence-corrected chi connectivity index (χ3v) is 3.00. The molecule has 104 valence electrons. The van der Waals surface area contributed by atoms with Crippen LogP contribution in [-0.2, 0) is 19.4 Å². The van der Waals surface area contributed by atoms with Crippen molar-refractivity contribution in [3.63, 3.8) is 0 Å². The smallest absolute Gasteiger partial charge is 0.278 e. The minimum atomic E-state index is -0.322. The quantitative estimate of drug-likeness (QED) is 0.719. The maximum absolute atomic E-state index is 11.9. The highest BCUT2D eigenvalue weighted by Crippen LogP contribution is 2.10. The van der Waals surface area contributed by atoms with Crippen LogP contribution in [0.5, 0.6) is 0 Å². The second kappa shape index (κ2) is 5.04. The predicted molar refractivity (Wildman–Crippen MR) is 70.5 cm³/mol. The third-order valence-electron chi connectivity index (χ3n) is 2.82. The molecule has 0 radical (unpaired) electrons. The Morgan fingerprint density at radius 1 is 1.40 bits per heavy atom. The van der Waals surface area contributed by atoms with Gasteiger partial charge in [0.05, 0.1) is 12.7 Å². The first kappa shape index (κ1) is 12.8. The molecular weight excluding hydrogens is 284 g/mol. The van der Waals surface area contributed by atoms with Gasteiger partial charge in [-0.3, -0.25) is 14.5 Å². The summed E-state index contributed by atoms with van der Waals surface area (Å²) in [6, 6.07) is 0. The molecule has 0 saturated heterocycles. The van der Waals surface area contributed by atoms with Gasteiger partial charge in [-0.05, 0) is 11.6 Å². The van der Waals surface area contributed by atoms with Gasteiger partial charge in [-0.25, -0.2) is 4.98 Å². The minimum Gasteiger partial charge on any atom is -0.425 e. The van der Waals surface area contributed by atoms with E-state index in [1.165, 1.54) is 6.20 Å². The fraction of sp³-hybridized carbons (Fsp3) is 0.364. The summed E-state index contributed by atoms with van der Waals surface area (Å²) in [5.41, 5.74) is 0.514. The maximum atomic E-state index is 11.9. The van der Waals surface area contributed by atoms with Crippen LogP contribution in [0.4, 0.5) is 0 Å². The van der Waals surface area contributed by atoms with E-state index in [0.29, 0.717) is 42.2 Å². The minimum absolute atomic E-state index is 0.0477. The molecule has 9 heteroatoms. The Morgan fingerprint density at radius 3 is 2.95 bits per heavy atom. The van der Waals surface area contributed by atoms with E-state index in [-0.39, 0.29) is 10.8 Å². The molecule has 0 aliphatic heterocycles. The lowest BCUT2D eigenvalue weighted by molar-refractivity contribution is 0.438. The van der Waals surface area contributed by atoms with Gasteiger partial charge < -0.3 is 4.42 Å². The molecular formula is C11H11ClN6O2. The molecule has 0 unspecified atom stereocenters. The van der Waals surface area contributed by atoms with Crippen LogP contribution in [0.15, 0.2) is 15.4 Å². The van der Waals surface area contributed by atoms with Crippen LogP contribution in [-0.4, -0.2) is 29.9 Å². The number of halogens is 1. The summed E-state index contributed by atoms with van der Waals surface area (Å²) in [6.45, 7) is 2.38. The van der Waals surface area contributed by atoms with Gasteiger partial charge in [0, 0.05) is 12.8 Å². The number of nitrogens with zero attached hydrogens (tertiary/aromatic N) is 5. The molecule has 3 aromatic heterocycles. The molecule has 0 fully saturated rings. The van der Waals surface area contributed by atoms with Crippen LogP contribution in [0.2, 0.25) is 5.28 Å². The van der Waals surface area contributed by atoms with E-state index < -0.39 is 0 Å². The Labute approximate surface area is 117 Å². The van der Waals surface area contributed by atoms with Crippen LogP contribution in [0, 0.1) is 0 Å². The molecule has 3 heterocycles. The van der Waals surface area contributed by atoms with Crippen molar-refractivity contribution >= 4 is 22.6 Å². The lowest BCUT2D eigenvalue weighted by atomic mass is 10.4. The fourth-order valence-electron chi connectivity index (χ4n) is 1.88. The van der Waals surface area contributed by atoms with Crippen LogP contribution in [0.3, 0.4) is 0 Å². The number of H-pyrrole nitrogens is 1. The number of aromatic amines is 1. The van der Waals surface area contributed by atoms with Crippen LogP contribution in [0.1, 0.15) is 18.7 Å². The Balaban J connectivity index is 1.86. The van der Waals surface area contributed by atoms with Crippen LogP contribution < -0.4 is 5.56 Å². The average Bonchev–Trinajstić information content (AvgIpc) is 3.02. The Morgan fingerprint density at radius 2 is 2.20 bits per heavy atom.